The Kier molecular flexibility index (Phi) is 5.79. The minimum atomic E-state index is -0.124. The Bertz CT molecular complexity index is 1220. The summed E-state index contributed by atoms with van der Waals surface area (Å²) in [7, 11) is 0. The molecule has 0 radical (unpaired) electrons. The molecule has 1 aliphatic rings. The van der Waals surface area contributed by atoms with Gasteiger partial charge in [-0.2, -0.15) is 0 Å². The van der Waals surface area contributed by atoms with Gasteiger partial charge >= 0.3 is 0 Å². The van der Waals surface area contributed by atoms with Gasteiger partial charge in [-0.15, -0.1) is 0 Å². The lowest BCUT2D eigenvalue weighted by atomic mass is 10.0. The number of aromatic nitrogens is 3. The number of rotatable bonds is 6. The average Bonchev–Trinajstić information content (AvgIpc) is 3.45. The van der Waals surface area contributed by atoms with E-state index in [1.807, 2.05) is 93.0 Å². The third-order valence-electron chi connectivity index (χ3n) is 5.56. The lowest BCUT2D eigenvalue weighted by molar-refractivity contribution is 0.242. The average molecular weight is 456 g/mol. The molecule has 6 nitrogen and oxygen atoms in total. The first-order valence-corrected chi connectivity index (χ1v) is 11.4. The van der Waals surface area contributed by atoms with Crippen molar-refractivity contribution in [3.8, 4) is 11.6 Å². The predicted octanol–water partition coefficient (Wildman–Crippen LogP) is 5.23. The summed E-state index contributed by atoms with van der Waals surface area (Å²) in [5, 5.41) is 4.17. The van der Waals surface area contributed by atoms with E-state index < -0.39 is 0 Å². The monoisotopic (exact) mass is 455 g/mol. The van der Waals surface area contributed by atoms with Crippen LogP contribution in [-0.4, -0.2) is 25.8 Å². The molecule has 5 rings (SSSR count). The molecule has 3 aromatic heterocycles. The van der Waals surface area contributed by atoms with Crippen LogP contribution in [0.1, 0.15) is 37.3 Å². The largest absolute Gasteiger partial charge is 0.491 e. The normalized spacial score (nSPS) is 17.9. The standard InChI is InChI=1S/C26H25N5OS/c1-18(2)32-20-13-11-19(12-14-20)31-25(24(29-26(31)33)21-8-3-5-15-27-21)22-9-7-17-30(22)23-10-4-6-16-28-23/h3-18,24-25H,1-2H3,(H,29,33)/t24-,25-/m0/s1. The molecule has 33 heavy (non-hydrogen) atoms. The van der Waals surface area contributed by atoms with E-state index in [-0.39, 0.29) is 18.2 Å². The maximum Gasteiger partial charge on any atom is 0.174 e. The molecule has 166 valence electrons. The number of hydrogen-bond donors (Lipinski definition) is 1. The van der Waals surface area contributed by atoms with Gasteiger partial charge in [0.1, 0.15) is 17.6 Å². The Morgan fingerprint density at radius 1 is 0.909 bits per heavy atom. The van der Waals surface area contributed by atoms with Crippen molar-refractivity contribution in [3.05, 3.63) is 103 Å². The van der Waals surface area contributed by atoms with Crippen LogP contribution in [0, 0.1) is 0 Å². The van der Waals surface area contributed by atoms with Gasteiger partial charge in [0.2, 0.25) is 0 Å². The summed E-state index contributed by atoms with van der Waals surface area (Å²) in [6, 6.07) is 23.9. The Labute approximate surface area is 198 Å². The highest BCUT2D eigenvalue weighted by Gasteiger charge is 2.42. The highest BCUT2D eigenvalue weighted by molar-refractivity contribution is 7.80. The minimum absolute atomic E-state index is 0.119. The molecule has 0 amide bonds. The van der Waals surface area contributed by atoms with Gasteiger partial charge < -0.3 is 19.5 Å². The SMILES string of the molecule is CC(C)Oc1ccc(N2C(=S)N[C@@H](c3ccccn3)[C@@H]2c2cccn2-c2ccccn2)cc1. The summed E-state index contributed by atoms with van der Waals surface area (Å²) in [6.07, 6.45) is 5.77. The van der Waals surface area contributed by atoms with E-state index in [1.54, 1.807) is 6.20 Å². The van der Waals surface area contributed by atoms with Gasteiger partial charge in [-0.3, -0.25) is 4.98 Å². The van der Waals surface area contributed by atoms with Crippen LogP contribution >= 0.6 is 12.2 Å². The fraction of sp³-hybridized carbons (Fsp3) is 0.192. The molecule has 0 spiro atoms. The van der Waals surface area contributed by atoms with E-state index in [4.69, 9.17) is 17.0 Å². The van der Waals surface area contributed by atoms with Crippen LogP contribution in [-0.2, 0) is 0 Å². The second-order valence-corrected chi connectivity index (χ2v) is 8.53. The lowest BCUT2D eigenvalue weighted by Gasteiger charge is -2.29. The van der Waals surface area contributed by atoms with E-state index in [0.29, 0.717) is 5.11 Å². The smallest absolute Gasteiger partial charge is 0.174 e. The van der Waals surface area contributed by atoms with Gasteiger partial charge in [0.15, 0.2) is 5.11 Å². The van der Waals surface area contributed by atoms with Crippen molar-refractivity contribution in [2.45, 2.75) is 32.0 Å². The molecule has 4 heterocycles. The Balaban J connectivity index is 1.60. The van der Waals surface area contributed by atoms with Crippen molar-refractivity contribution < 1.29 is 4.74 Å². The molecule has 1 N–H and O–H groups in total. The van der Waals surface area contributed by atoms with Crippen LogP contribution < -0.4 is 15.0 Å². The summed E-state index contributed by atoms with van der Waals surface area (Å²) in [6.45, 7) is 4.04. The summed E-state index contributed by atoms with van der Waals surface area (Å²) < 4.78 is 7.95. The Morgan fingerprint density at radius 2 is 1.67 bits per heavy atom. The number of ether oxygens (including phenoxy) is 1. The molecule has 7 heteroatoms. The molecular formula is C26H25N5OS. The zero-order chi connectivity index (χ0) is 22.8. The lowest BCUT2D eigenvalue weighted by Crippen LogP contribution is -2.30. The van der Waals surface area contributed by atoms with Crippen LogP contribution in [0.5, 0.6) is 5.75 Å². The third kappa shape index (κ3) is 4.19. The molecule has 0 saturated carbocycles. The Hall–Kier alpha value is -3.71. The van der Waals surface area contributed by atoms with Crippen molar-refractivity contribution in [2.24, 2.45) is 0 Å². The van der Waals surface area contributed by atoms with Crippen molar-refractivity contribution in [2.75, 3.05) is 4.90 Å². The summed E-state index contributed by atoms with van der Waals surface area (Å²) >= 11 is 5.84. The van der Waals surface area contributed by atoms with E-state index in [1.165, 1.54) is 0 Å². The van der Waals surface area contributed by atoms with Gasteiger partial charge in [0.05, 0.1) is 17.8 Å². The molecular weight excluding hydrogens is 430 g/mol. The zero-order valence-corrected chi connectivity index (χ0v) is 19.3. The zero-order valence-electron chi connectivity index (χ0n) is 18.5. The third-order valence-corrected chi connectivity index (χ3v) is 5.88. The molecule has 4 aromatic rings. The fourth-order valence-electron chi connectivity index (χ4n) is 4.23. The number of benzene rings is 1. The number of pyridine rings is 2. The maximum atomic E-state index is 5.84. The number of anilines is 1. The van der Waals surface area contributed by atoms with E-state index in [0.717, 1.165) is 28.6 Å². The molecule has 2 atom stereocenters. The number of nitrogens with zero attached hydrogens (tertiary/aromatic N) is 4. The summed E-state index contributed by atoms with van der Waals surface area (Å²) in [5.41, 5.74) is 2.99. The first kappa shape index (κ1) is 21.2. The second kappa shape index (κ2) is 9.03. The number of nitrogens with one attached hydrogen (secondary N) is 1. The molecule has 0 bridgehead atoms. The van der Waals surface area contributed by atoms with Gasteiger partial charge in [-0.05, 0) is 86.7 Å². The molecule has 0 unspecified atom stereocenters. The van der Waals surface area contributed by atoms with Crippen LogP contribution in [0.15, 0.2) is 91.4 Å². The summed E-state index contributed by atoms with van der Waals surface area (Å²) in [4.78, 5) is 11.4. The molecule has 0 aliphatic carbocycles. The first-order valence-electron chi connectivity index (χ1n) is 11.0. The topological polar surface area (TPSA) is 55.2 Å². The Morgan fingerprint density at radius 3 is 2.33 bits per heavy atom. The molecule has 1 aromatic carbocycles. The van der Waals surface area contributed by atoms with Crippen LogP contribution in [0.2, 0.25) is 0 Å². The first-order chi connectivity index (χ1) is 16.1. The van der Waals surface area contributed by atoms with E-state index >= 15 is 0 Å². The van der Waals surface area contributed by atoms with Crippen LogP contribution in [0.4, 0.5) is 5.69 Å². The molecule has 1 aliphatic heterocycles. The van der Waals surface area contributed by atoms with Crippen LogP contribution in [0.25, 0.3) is 5.82 Å². The van der Waals surface area contributed by atoms with Crippen molar-refractivity contribution in [1.82, 2.24) is 19.9 Å². The van der Waals surface area contributed by atoms with Gasteiger partial charge in [-0.25, -0.2) is 4.98 Å². The molecule has 1 saturated heterocycles. The highest BCUT2D eigenvalue weighted by atomic mass is 32.1. The van der Waals surface area contributed by atoms with Crippen molar-refractivity contribution >= 4 is 23.0 Å². The maximum absolute atomic E-state index is 5.84. The van der Waals surface area contributed by atoms with E-state index in [9.17, 15) is 0 Å². The number of thiocarbonyl (C=S) groups is 1. The quantitative estimate of drug-likeness (QED) is 0.402. The van der Waals surface area contributed by atoms with Crippen molar-refractivity contribution in [3.63, 3.8) is 0 Å². The second-order valence-electron chi connectivity index (χ2n) is 8.15. The molecule has 1 fully saturated rings. The predicted molar refractivity (Wildman–Crippen MR) is 134 cm³/mol. The van der Waals surface area contributed by atoms with Gasteiger partial charge in [-0.1, -0.05) is 12.1 Å². The van der Waals surface area contributed by atoms with Gasteiger partial charge in [0, 0.05) is 30.0 Å². The minimum Gasteiger partial charge on any atom is -0.491 e. The highest BCUT2D eigenvalue weighted by Crippen LogP contribution is 2.42. The summed E-state index contributed by atoms with van der Waals surface area (Å²) in [5.74, 6) is 1.69. The van der Waals surface area contributed by atoms with Crippen LogP contribution in [0.3, 0.4) is 0 Å². The van der Waals surface area contributed by atoms with Gasteiger partial charge in [0.25, 0.3) is 0 Å². The van der Waals surface area contributed by atoms with E-state index in [2.05, 4.69) is 30.8 Å². The van der Waals surface area contributed by atoms with Crippen molar-refractivity contribution in [1.29, 1.82) is 0 Å². The number of hydrogen-bond acceptors (Lipinski definition) is 4. The fourth-order valence-corrected chi connectivity index (χ4v) is 4.58.